The number of anilines is 1. The lowest BCUT2D eigenvalue weighted by molar-refractivity contribution is -0.134. The number of carbonyl (C=O) groups is 5. The Bertz CT molecular complexity index is 2270. The molecule has 5 atom stereocenters. The number of benzene rings is 2. The molecule has 11 N–H and O–H groups in total. The lowest BCUT2D eigenvalue weighted by Crippen LogP contribution is -2.60. The highest BCUT2D eigenvalue weighted by atomic mass is 19.1. The summed E-state index contributed by atoms with van der Waals surface area (Å²) in [6.07, 6.45) is -1.69. The van der Waals surface area contributed by atoms with Crippen LogP contribution in [0.4, 0.5) is 10.1 Å². The largest absolute Gasteiger partial charge is 0.439 e. The highest BCUT2D eigenvalue weighted by Gasteiger charge is 2.34. The van der Waals surface area contributed by atoms with Gasteiger partial charge < -0.3 is 42.4 Å². The molecule has 0 aliphatic heterocycles. The van der Waals surface area contributed by atoms with Crippen LogP contribution in [0.25, 0.3) is 11.4 Å². The molecule has 0 saturated carbocycles. The number of H-pyrrole nitrogens is 3. The van der Waals surface area contributed by atoms with E-state index in [4.69, 9.17) is 5.73 Å². The maximum atomic E-state index is 14.1. The second kappa shape index (κ2) is 19.9. The molecule has 0 spiro atoms. The van der Waals surface area contributed by atoms with E-state index in [9.17, 15) is 47.9 Å². The number of nitrogens with two attached hydrogens (primary N) is 1. The van der Waals surface area contributed by atoms with Crippen molar-refractivity contribution in [2.75, 3.05) is 11.9 Å². The second-order valence-electron chi connectivity index (χ2n) is 14.1. The third kappa shape index (κ3) is 12.1. The summed E-state index contributed by atoms with van der Waals surface area (Å²) in [4.78, 5) is 107. The SMILES string of the molecule is CC(C)C[C@H](NC(=O)[C@@H](NC(=O)[C@@H](N)CNC(=O)c1[nH]c(=O)[nH]c(=O)c1F)C(C)C)C(=O)N[C@@H](Cc1ccccc1)[C@@H](O)C(=O)Nc1cccc(-c2noc(=O)[nH]2)c1. The summed E-state index contributed by atoms with van der Waals surface area (Å²) in [6.45, 7) is 6.26. The van der Waals surface area contributed by atoms with Gasteiger partial charge in [-0.15, -0.1) is 0 Å². The van der Waals surface area contributed by atoms with Gasteiger partial charge in [0.05, 0.1) is 6.04 Å². The number of hydrogen-bond acceptors (Lipinski definition) is 12. The van der Waals surface area contributed by atoms with E-state index in [1.807, 2.05) is 4.98 Å². The maximum absolute atomic E-state index is 14.1. The minimum Gasteiger partial charge on any atom is -0.381 e. The molecule has 58 heavy (non-hydrogen) atoms. The summed E-state index contributed by atoms with van der Waals surface area (Å²) in [5.74, 6) is -7.42. The van der Waals surface area contributed by atoms with Gasteiger partial charge in [0.25, 0.3) is 17.4 Å². The second-order valence-corrected chi connectivity index (χ2v) is 14.1. The summed E-state index contributed by atoms with van der Waals surface area (Å²) in [6, 6.07) is 9.82. The van der Waals surface area contributed by atoms with Crippen LogP contribution < -0.4 is 49.3 Å². The van der Waals surface area contributed by atoms with Gasteiger partial charge in [-0.05, 0) is 42.4 Å². The summed E-state index contributed by atoms with van der Waals surface area (Å²) in [7, 11) is 0. The van der Waals surface area contributed by atoms with Crippen molar-refractivity contribution in [2.24, 2.45) is 17.6 Å². The van der Waals surface area contributed by atoms with Crippen molar-refractivity contribution in [3.8, 4) is 11.4 Å². The Hall–Kier alpha value is -6.74. The van der Waals surface area contributed by atoms with E-state index >= 15 is 0 Å². The van der Waals surface area contributed by atoms with Gasteiger partial charge in [-0.3, -0.25) is 43.3 Å². The maximum Gasteiger partial charge on any atom is 0.439 e. The molecule has 0 aliphatic rings. The number of rotatable bonds is 18. The predicted molar refractivity (Wildman–Crippen MR) is 205 cm³/mol. The molecule has 21 heteroatoms. The molecule has 0 unspecified atom stereocenters. The Kier molecular flexibility index (Phi) is 15.1. The van der Waals surface area contributed by atoms with Crippen LogP contribution in [0, 0.1) is 17.7 Å². The standard InChI is InChI=1S/C37H45FN10O10/c1-17(2)13-24(43-34(54)26(18(3)4)44-30(50)22(39)16-40-33(53)27-25(38)32(52)47-36(56)45-27)31(51)42-23(14-19-9-6-5-7-10-19)28(49)35(55)41-21-12-8-11-20(15-21)29-46-37(57)58-48-29/h5-12,15,17-18,22-24,26,28,49H,13-14,16,39H2,1-4H3,(H,40,53)(H,41,55)(H,42,51)(H,43,54)(H,44,50)(H,46,48,57)(H2,45,47,52,56)/t22-,23-,24-,26-,28+/m0/s1. The van der Waals surface area contributed by atoms with Crippen molar-refractivity contribution in [1.82, 2.24) is 41.4 Å². The first kappa shape index (κ1) is 44.0. The van der Waals surface area contributed by atoms with Crippen molar-refractivity contribution < 1.29 is 38.0 Å². The number of hydrogen-bond donors (Lipinski definition) is 10. The Balaban J connectivity index is 1.46. The molecule has 0 radical (unpaired) electrons. The van der Waals surface area contributed by atoms with E-state index in [-0.39, 0.29) is 30.3 Å². The van der Waals surface area contributed by atoms with Gasteiger partial charge in [0.2, 0.25) is 23.5 Å². The highest BCUT2D eigenvalue weighted by molar-refractivity contribution is 5.97. The van der Waals surface area contributed by atoms with E-state index in [0.29, 0.717) is 11.1 Å². The van der Waals surface area contributed by atoms with E-state index in [2.05, 4.69) is 41.2 Å². The smallest absolute Gasteiger partial charge is 0.381 e. The fourth-order valence-electron chi connectivity index (χ4n) is 5.66. The Morgan fingerprint density at radius 2 is 1.57 bits per heavy atom. The van der Waals surface area contributed by atoms with Crippen LogP contribution in [-0.2, 0) is 25.6 Å². The number of nitrogens with zero attached hydrogens (tertiary/aromatic N) is 1. The van der Waals surface area contributed by atoms with Crippen LogP contribution >= 0.6 is 0 Å². The number of nitrogens with one attached hydrogen (secondary N) is 8. The average molecular weight is 809 g/mol. The summed E-state index contributed by atoms with van der Waals surface area (Å²) in [5.41, 5.74) is 3.71. The molecule has 20 nitrogen and oxygen atoms in total. The lowest BCUT2D eigenvalue weighted by atomic mass is 9.97. The molecule has 2 aromatic heterocycles. The number of aliphatic hydroxyl groups excluding tert-OH is 1. The fraction of sp³-hybridized carbons (Fsp3) is 0.378. The number of carbonyl (C=O) groups excluding carboxylic acids is 5. The average Bonchev–Trinajstić information content (AvgIpc) is 3.62. The Morgan fingerprint density at radius 1 is 0.862 bits per heavy atom. The number of aliphatic hydroxyl groups is 1. The van der Waals surface area contributed by atoms with Crippen LogP contribution in [0.2, 0.25) is 0 Å². The number of halogens is 1. The number of aromatic amines is 3. The molecule has 0 aliphatic carbocycles. The molecule has 310 valence electrons. The first-order valence-electron chi connectivity index (χ1n) is 18.1. The van der Waals surface area contributed by atoms with Crippen LogP contribution in [0.15, 0.2) is 73.5 Å². The topological polar surface area (TPSA) is 316 Å². The lowest BCUT2D eigenvalue weighted by Gasteiger charge is -2.29. The molecule has 4 aromatic rings. The first-order valence-corrected chi connectivity index (χ1v) is 18.1. The van der Waals surface area contributed by atoms with Crippen LogP contribution in [0.5, 0.6) is 0 Å². The van der Waals surface area contributed by atoms with Crippen LogP contribution in [0.3, 0.4) is 0 Å². The van der Waals surface area contributed by atoms with Crippen molar-refractivity contribution in [2.45, 2.75) is 70.8 Å². The van der Waals surface area contributed by atoms with Gasteiger partial charge >= 0.3 is 11.4 Å². The Morgan fingerprint density at radius 3 is 2.21 bits per heavy atom. The third-order valence-corrected chi connectivity index (χ3v) is 8.64. The van der Waals surface area contributed by atoms with Gasteiger partial charge in [0, 0.05) is 17.8 Å². The van der Waals surface area contributed by atoms with Gasteiger partial charge in [-0.2, -0.15) is 4.39 Å². The fourth-order valence-corrected chi connectivity index (χ4v) is 5.66. The minimum absolute atomic E-state index is 0.00627. The van der Waals surface area contributed by atoms with Gasteiger partial charge in [0.1, 0.15) is 23.8 Å². The van der Waals surface area contributed by atoms with Crippen molar-refractivity contribution >= 4 is 35.2 Å². The number of aromatic nitrogens is 4. The molecule has 0 bridgehead atoms. The van der Waals surface area contributed by atoms with Gasteiger partial charge in [-0.1, -0.05) is 75.3 Å². The molecular formula is C37H45FN10O10. The zero-order valence-corrected chi connectivity index (χ0v) is 31.9. The van der Waals surface area contributed by atoms with Crippen molar-refractivity contribution in [3.05, 3.63) is 103 Å². The van der Waals surface area contributed by atoms with Crippen molar-refractivity contribution in [3.63, 3.8) is 0 Å². The van der Waals surface area contributed by atoms with Gasteiger partial charge in [0.15, 0.2) is 11.9 Å². The molecule has 2 aromatic carbocycles. The molecule has 4 rings (SSSR count). The molecule has 5 amide bonds. The van der Waals surface area contributed by atoms with Crippen molar-refractivity contribution in [1.29, 1.82) is 0 Å². The zero-order valence-electron chi connectivity index (χ0n) is 31.9. The molecule has 2 heterocycles. The van der Waals surface area contributed by atoms with E-state index < -0.39 is 101 Å². The zero-order chi connectivity index (χ0) is 42.7. The molecule has 0 fully saturated rings. The first-order chi connectivity index (χ1) is 27.4. The summed E-state index contributed by atoms with van der Waals surface area (Å²) >= 11 is 0. The summed E-state index contributed by atoms with van der Waals surface area (Å²) in [5, 5.41) is 27.6. The van der Waals surface area contributed by atoms with Crippen LogP contribution in [-0.4, -0.2) is 91.6 Å². The third-order valence-electron chi connectivity index (χ3n) is 8.64. The minimum atomic E-state index is -1.81. The monoisotopic (exact) mass is 808 g/mol. The molecular weight excluding hydrogens is 763 g/mol. The normalized spacial score (nSPS) is 13.8. The van der Waals surface area contributed by atoms with Gasteiger partial charge in [-0.25, -0.2) is 9.59 Å². The van der Waals surface area contributed by atoms with Crippen LogP contribution in [0.1, 0.15) is 50.2 Å². The highest BCUT2D eigenvalue weighted by Crippen LogP contribution is 2.19. The number of amides is 5. The molecule has 0 saturated heterocycles. The summed E-state index contributed by atoms with van der Waals surface area (Å²) < 4.78 is 18.6. The predicted octanol–water partition coefficient (Wildman–Crippen LogP) is -0.998. The van der Waals surface area contributed by atoms with E-state index in [1.54, 1.807) is 75.1 Å². The van der Waals surface area contributed by atoms with E-state index in [1.165, 1.54) is 12.1 Å². The van der Waals surface area contributed by atoms with E-state index in [0.717, 1.165) is 0 Å². The quantitative estimate of drug-likeness (QED) is 0.0579. The Labute approximate surface area is 329 Å².